The van der Waals surface area contributed by atoms with Crippen LogP contribution < -0.4 is 10.1 Å². The zero-order valence-corrected chi connectivity index (χ0v) is 19.9. The lowest BCUT2D eigenvalue weighted by Crippen LogP contribution is -2.53. The number of ether oxygens (including phenoxy) is 1. The van der Waals surface area contributed by atoms with E-state index in [9.17, 15) is 9.59 Å². The SMILES string of the molecule is CC/C=C1\C(=O)N(Cc2ccc(OC)cc2)[C@H]2C(=O)N(C(C)(C)C)[C@@H]3Nc4ccccc4[C@]123. The van der Waals surface area contributed by atoms with Gasteiger partial charge in [-0.2, -0.15) is 0 Å². The molecule has 2 aromatic carbocycles. The first-order valence-electron chi connectivity index (χ1n) is 11.6. The second-order valence-electron chi connectivity index (χ2n) is 10.1. The molecule has 1 N–H and O–H groups in total. The van der Waals surface area contributed by atoms with E-state index < -0.39 is 17.0 Å². The molecule has 2 saturated heterocycles. The molecule has 172 valence electrons. The fraction of sp³-hybridized carbons (Fsp3) is 0.407. The molecule has 3 heterocycles. The first-order chi connectivity index (χ1) is 15.7. The van der Waals surface area contributed by atoms with Gasteiger partial charge in [-0.15, -0.1) is 0 Å². The van der Waals surface area contributed by atoms with Crippen LogP contribution in [0.4, 0.5) is 5.69 Å². The zero-order chi connectivity index (χ0) is 23.5. The molecule has 0 unspecified atom stereocenters. The number of fused-ring (bicyclic) bond motifs is 1. The molecule has 5 rings (SSSR count). The Bertz CT molecular complexity index is 1150. The van der Waals surface area contributed by atoms with Crippen molar-refractivity contribution in [1.82, 2.24) is 9.80 Å². The van der Waals surface area contributed by atoms with E-state index in [1.807, 2.05) is 60.4 Å². The minimum absolute atomic E-state index is 0.00383. The fourth-order valence-corrected chi connectivity index (χ4v) is 5.93. The number of hydrogen-bond donors (Lipinski definition) is 1. The van der Waals surface area contributed by atoms with Crippen molar-refractivity contribution in [2.24, 2.45) is 0 Å². The van der Waals surface area contributed by atoms with Gasteiger partial charge in [-0.25, -0.2) is 0 Å². The minimum atomic E-state index is -0.736. The number of methoxy groups -OCH3 is 1. The Hall–Kier alpha value is -3.28. The van der Waals surface area contributed by atoms with Crippen LogP contribution in [0.5, 0.6) is 5.75 Å². The summed E-state index contributed by atoms with van der Waals surface area (Å²) in [5.41, 5.74) is 2.59. The number of carbonyl (C=O) groups excluding carboxylic acids is 2. The molecule has 1 spiro atoms. The van der Waals surface area contributed by atoms with E-state index in [1.54, 1.807) is 12.0 Å². The van der Waals surface area contributed by atoms with Gasteiger partial charge in [0, 0.05) is 23.3 Å². The van der Waals surface area contributed by atoms with Crippen LogP contribution in [0, 0.1) is 0 Å². The molecule has 0 radical (unpaired) electrons. The lowest BCUT2D eigenvalue weighted by Gasteiger charge is -2.39. The van der Waals surface area contributed by atoms with Crippen LogP contribution in [0.1, 0.15) is 45.2 Å². The number of amides is 2. The van der Waals surface area contributed by atoms with Crippen molar-refractivity contribution in [1.29, 1.82) is 0 Å². The number of hydrogen-bond acceptors (Lipinski definition) is 4. The number of anilines is 1. The summed E-state index contributed by atoms with van der Waals surface area (Å²) in [6.45, 7) is 8.59. The van der Waals surface area contributed by atoms with E-state index in [4.69, 9.17) is 4.74 Å². The molecule has 2 aromatic rings. The number of carbonyl (C=O) groups is 2. The van der Waals surface area contributed by atoms with Gasteiger partial charge in [-0.1, -0.05) is 43.3 Å². The first-order valence-corrected chi connectivity index (χ1v) is 11.6. The van der Waals surface area contributed by atoms with Gasteiger partial charge < -0.3 is 19.9 Å². The molecular weight excluding hydrogens is 414 g/mol. The maximum atomic E-state index is 14.1. The van der Waals surface area contributed by atoms with Gasteiger partial charge in [0.25, 0.3) is 5.91 Å². The Labute approximate surface area is 195 Å². The van der Waals surface area contributed by atoms with Crippen molar-refractivity contribution >= 4 is 17.5 Å². The number of nitrogens with one attached hydrogen (secondary N) is 1. The molecular formula is C27H31N3O3. The van der Waals surface area contributed by atoms with Crippen molar-refractivity contribution in [3.8, 4) is 5.75 Å². The lowest BCUT2D eigenvalue weighted by atomic mass is 9.72. The second-order valence-corrected chi connectivity index (χ2v) is 10.1. The maximum Gasteiger partial charge on any atom is 0.251 e. The summed E-state index contributed by atoms with van der Waals surface area (Å²) in [6.07, 6.45) is 2.44. The summed E-state index contributed by atoms with van der Waals surface area (Å²) in [4.78, 5) is 31.8. The molecule has 3 aliphatic rings. The van der Waals surface area contributed by atoms with Crippen molar-refractivity contribution in [2.75, 3.05) is 12.4 Å². The molecule has 2 fully saturated rings. The molecule has 2 amide bonds. The standard InChI is InChI=1S/C27H31N3O3/c1-6-9-20-23(31)29(16-17-12-14-18(33-5)15-13-17)22-24(32)30(26(2,3)4)25-27(20,22)19-10-7-8-11-21(19)28-25/h7-15,22,25,28H,6,16H2,1-5H3/b20-9+/t22-,25-,27-/m0/s1. The van der Waals surface area contributed by atoms with Gasteiger partial charge in [-0.3, -0.25) is 9.59 Å². The molecule has 0 aliphatic carbocycles. The van der Waals surface area contributed by atoms with E-state index in [1.165, 1.54) is 0 Å². The van der Waals surface area contributed by atoms with Crippen molar-refractivity contribution < 1.29 is 14.3 Å². The summed E-state index contributed by atoms with van der Waals surface area (Å²) >= 11 is 0. The van der Waals surface area contributed by atoms with Gasteiger partial charge in [-0.05, 0) is 56.5 Å². The van der Waals surface area contributed by atoms with Gasteiger partial charge in [0.1, 0.15) is 18.0 Å². The number of allylic oxidation sites excluding steroid dienone is 1. The average Bonchev–Trinajstić information content (AvgIpc) is 3.32. The molecule has 3 aliphatic heterocycles. The Morgan fingerprint density at radius 2 is 1.79 bits per heavy atom. The quantitative estimate of drug-likeness (QED) is 0.721. The van der Waals surface area contributed by atoms with Crippen LogP contribution in [-0.2, 0) is 21.5 Å². The summed E-state index contributed by atoms with van der Waals surface area (Å²) in [5, 5.41) is 3.62. The third-order valence-corrected chi connectivity index (χ3v) is 7.15. The van der Waals surface area contributed by atoms with Crippen LogP contribution in [0.25, 0.3) is 0 Å². The Morgan fingerprint density at radius 1 is 1.09 bits per heavy atom. The largest absolute Gasteiger partial charge is 0.497 e. The summed E-state index contributed by atoms with van der Waals surface area (Å²) in [6, 6.07) is 15.2. The highest BCUT2D eigenvalue weighted by Crippen LogP contribution is 2.60. The third-order valence-electron chi connectivity index (χ3n) is 7.15. The maximum absolute atomic E-state index is 14.1. The summed E-state index contributed by atoms with van der Waals surface area (Å²) in [5.74, 6) is 0.707. The highest BCUT2D eigenvalue weighted by Gasteiger charge is 2.73. The van der Waals surface area contributed by atoms with Crippen LogP contribution in [0.3, 0.4) is 0 Å². The van der Waals surface area contributed by atoms with Gasteiger partial charge >= 0.3 is 0 Å². The van der Waals surface area contributed by atoms with Gasteiger partial charge in [0.2, 0.25) is 5.91 Å². The highest BCUT2D eigenvalue weighted by molar-refractivity contribution is 6.10. The number of benzene rings is 2. The third kappa shape index (κ3) is 2.86. The average molecular weight is 446 g/mol. The van der Waals surface area contributed by atoms with Crippen LogP contribution in [0.15, 0.2) is 60.2 Å². The predicted molar refractivity (Wildman–Crippen MR) is 128 cm³/mol. The molecule has 0 saturated carbocycles. The van der Waals surface area contributed by atoms with Crippen molar-refractivity contribution in [2.45, 2.75) is 63.8 Å². The molecule has 33 heavy (non-hydrogen) atoms. The van der Waals surface area contributed by atoms with E-state index in [0.29, 0.717) is 6.54 Å². The molecule has 6 nitrogen and oxygen atoms in total. The molecule has 3 atom stereocenters. The van der Waals surface area contributed by atoms with E-state index >= 15 is 0 Å². The summed E-state index contributed by atoms with van der Waals surface area (Å²) < 4.78 is 5.28. The van der Waals surface area contributed by atoms with Crippen molar-refractivity contribution in [3.05, 3.63) is 71.3 Å². The van der Waals surface area contributed by atoms with Crippen LogP contribution in [-0.4, -0.2) is 46.5 Å². The molecule has 0 bridgehead atoms. The van der Waals surface area contributed by atoms with Crippen molar-refractivity contribution in [3.63, 3.8) is 0 Å². The Morgan fingerprint density at radius 3 is 2.42 bits per heavy atom. The van der Waals surface area contributed by atoms with E-state index in [-0.39, 0.29) is 18.0 Å². The Balaban J connectivity index is 1.70. The van der Waals surface area contributed by atoms with Crippen LogP contribution in [0.2, 0.25) is 0 Å². The summed E-state index contributed by atoms with van der Waals surface area (Å²) in [7, 11) is 1.63. The minimum Gasteiger partial charge on any atom is -0.497 e. The fourth-order valence-electron chi connectivity index (χ4n) is 5.93. The second kappa shape index (κ2) is 7.37. The molecule has 0 aromatic heterocycles. The Kier molecular flexibility index (Phi) is 4.82. The van der Waals surface area contributed by atoms with Gasteiger partial charge in [0.05, 0.1) is 12.5 Å². The smallest absolute Gasteiger partial charge is 0.251 e. The number of nitrogens with zero attached hydrogens (tertiary/aromatic N) is 2. The topological polar surface area (TPSA) is 61.9 Å². The molecule has 6 heteroatoms. The lowest BCUT2D eigenvalue weighted by molar-refractivity contribution is -0.142. The zero-order valence-electron chi connectivity index (χ0n) is 19.9. The van der Waals surface area contributed by atoms with Crippen LogP contribution >= 0.6 is 0 Å². The highest BCUT2D eigenvalue weighted by atomic mass is 16.5. The number of rotatable bonds is 4. The van der Waals surface area contributed by atoms with Gasteiger partial charge in [0.15, 0.2) is 0 Å². The monoisotopic (exact) mass is 445 g/mol. The number of likely N-dealkylation sites (tertiary alicyclic amines) is 2. The predicted octanol–water partition coefficient (Wildman–Crippen LogP) is 4.07. The van der Waals surface area contributed by atoms with E-state index in [2.05, 4.69) is 32.2 Å². The van der Waals surface area contributed by atoms with E-state index in [0.717, 1.165) is 34.6 Å². The number of para-hydroxylation sites is 1. The first kappa shape index (κ1) is 21.6. The normalized spacial score (nSPS) is 27.0.